The topological polar surface area (TPSA) is 9.23 Å². The Bertz CT molecular complexity index is 278. The quantitative estimate of drug-likeness (QED) is 0.680. The normalized spacial score (nSPS) is 20.5. The van der Waals surface area contributed by atoms with Gasteiger partial charge in [0.05, 0.1) is 0 Å². The number of halogens is 8. The molecule has 0 heterocycles. The van der Waals surface area contributed by atoms with Gasteiger partial charge in [-0.15, -0.1) is 0 Å². The second-order valence-corrected chi connectivity index (χ2v) is 4.70. The Hall–Kier alpha value is -0.600. The van der Waals surface area contributed by atoms with Gasteiger partial charge in [-0.25, -0.2) is 8.78 Å². The van der Waals surface area contributed by atoms with Crippen LogP contribution in [0, 0.1) is 11.8 Å². The van der Waals surface area contributed by atoms with Gasteiger partial charge in [0.15, 0.2) is 0 Å². The predicted octanol–water partition coefficient (Wildman–Crippen LogP) is 4.77. The lowest BCUT2D eigenvalue weighted by atomic mass is 10.00. The molecule has 0 aromatic rings. The Morgan fingerprint density at radius 1 is 0.579 bits per heavy atom. The molecule has 0 aromatic carbocycles. The third-order valence-corrected chi connectivity index (χ3v) is 2.56. The Labute approximate surface area is 104 Å². The molecule has 9 heteroatoms. The Morgan fingerprint density at radius 3 is 0.895 bits per heavy atom. The zero-order valence-electron chi connectivity index (χ0n) is 10.6. The largest absolute Gasteiger partial charge is 0.448 e. The van der Waals surface area contributed by atoms with Crippen LogP contribution in [0.15, 0.2) is 0 Å². The second-order valence-electron chi connectivity index (χ2n) is 4.70. The molecule has 0 rings (SSSR count). The average molecular weight is 302 g/mol. The fraction of sp³-hybridized carbons (Fsp3) is 1.00. The molecule has 0 radical (unpaired) electrons. The molecule has 2 unspecified atom stereocenters. The molecular weight excluding hydrogens is 288 g/mol. The summed E-state index contributed by atoms with van der Waals surface area (Å²) in [7, 11) is 0. The maximum atomic E-state index is 13.7. The molecule has 19 heavy (non-hydrogen) atoms. The summed E-state index contributed by atoms with van der Waals surface area (Å²) in [5.74, 6) is -13.6. The van der Waals surface area contributed by atoms with Gasteiger partial charge in [0.1, 0.15) is 0 Å². The van der Waals surface area contributed by atoms with Crippen LogP contribution in [0.5, 0.6) is 0 Å². The molecule has 0 aromatic heterocycles. The van der Waals surface area contributed by atoms with Crippen molar-refractivity contribution in [1.29, 1.82) is 0 Å². The minimum Gasteiger partial charge on any atom is -0.293 e. The first kappa shape index (κ1) is 18.4. The van der Waals surface area contributed by atoms with E-state index < -0.39 is 35.9 Å². The van der Waals surface area contributed by atoms with E-state index in [0.29, 0.717) is 27.7 Å². The summed E-state index contributed by atoms with van der Waals surface area (Å²) in [6.45, 7) is 2.57. The molecule has 0 aliphatic rings. The van der Waals surface area contributed by atoms with Crippen LogP contribution in [0.4, 0.5) is 35.1 Å². The van der Waals surface area contributed by atoms with Gasteiger partial charge in [-0.3, -0.25) is 4.74 Å². The van der Waals surface area contributed by atoms with E-state index in [2.05, 4.69) is 4.74 Å². The van der Waals surface area contributed by atoms with E-state index in [4.69, 9.17) is 0 Å². The first-order valence-electron chi connectivity index (χ1n) is 5.31. The van der Waals surface area contributed by atoms with Crippen LogP contribution < -0.4 is 0 Å². The lowest BCUT2D eigenvalue weighted by Crippen LogP contribution is -2.59. The molecule has 0 aliphatic carbocycles. The highest BCUT2D eigenvalue weighted by Gasteiger charge is 2.70. The van der Waals surface area contributed by atoms with Gasteiger partial charge >= 0.3 is 24.1 Å². The fourth-order valence-electron chi connectivity index (χ4n) is 1.22. The molecule has 0 amide bonds. The number of rotatable bonds is 4. The van der Waals surface area contributed by atoms with E-state index in [1.54, 1.807) is 0 Å². The van der Waals surface area contributed by atoms with E-state index in [9.17, 15) is 35.1 Å². The standard InChI is InChI=1S/C10H14F8O/c1-5(2)7(11,9(13,14)15)19-8(12,6(3)4)10(16,17)18/h5-6H,1-4H3. The van der Waals surface area contributed by atoms with Crippen molar-refractivity contribution in [2.75, 3.05) is 0 Å². The van der Waals surface area contributed by atoms with Crippen molar-refractivity contribution in [3.05, 3.63) is 0 Å². The van der Waals surface area contributed by atoms with Crippen LogP contribution in [-0.4, -0.2) is 24.1 Å². The smallest absolute Gasteiger partial charge is 0.293 e. The minimum atomic E-state index is -5.79. The summed E-state index contributed by atoms with van der Waals surface area (Å²) in [4.78, 5) is 0. The highest BCUT2D eigenvalue weighted by Crippen LogP contribution is 2.50. The molecule has 116 valence electrons. The van der Waals surface area contributed by atoms with Crippen LogP contribution in [0.25, 0.3) is 0 Å². The molecular formula is C10H14F8O. The van der Waals surface area contributed by atoms with Crippen LogP contribution >= 0.6 is 0 Å². The maximum Gasteiger partial charge on any atom is 0.448 e. The van der Waals surface area contributed by atoms with Gasteiger partial charge in [-0.2, -0.15) is 26.3 Å². The lowest BCUT2D eigenvalue weighted by Gasteiger charge is -2.40. The Kier molecular flexibility index (Phi) is 4.90. The van der Waals surface area contributed by atoms with Gasteiger partial charge in [0.2, 0.25) is 0 Å². The van der Waals surface area contributed by atoms with Crippen molar-refractivity contribution >= 4 is 0 Å². The summed E-state index contributed by atoms with van der Waals surface area (Å²) in [6, 6.07) is 0. The highest BCUT2D eigenvalue weighted by molar-refractivity contribution is 4.89. The maximum absolute atomic E-state index is 13.7. The number of alkyl halides is 8. The van der Waals surface area contributed by atoms with Crippen molar-refractivity contribution in [3.8, 4) is 0 Å². The SMILES string of the molecule is CC(C)C(F)(OC(F)(C(C)C)C(F)(F)F)C(F)(F)F. The predicted molar refractivity (Wildman–Crippen MR) is 50.5 cm³/mol. The molecule has 0 bridgehead atoms. The monoisotopic (exact) mass is 302 g/mol. The van der Waals surface area contributed by atoms with Crippen molar-refractivity contribution in [1.82, 2.24) is 0 Å². The van der Waals surface area contributed by atoms with E-state index in [-0.39, 0.29) is 0 Å². The summed E-state index contributed by atoms with van der Waals surface area (Å²) in [5.41, 5.74) is 0. The number of hydrogen-bond acceptors (Lipinski definition) is 1. The summed E-state index contributed by atoms with van der Waals surface area (Å²) < 4.78 is 106. The van der Waals surface area contributed by atoms with E-state index in [1.807, 2.05) is 0 Å². The van der Waals surface area contributed by atoms with Crippen LogP contribution in [-0.2, 0) is 4.74 Å². The zero-order chi connectivity index (χ0) is 15.9. The van der Waals surface area contributed by atoms with Gasteiger partial charge in [-0.05, 0) is 0 Å². The molecule has 0 fully saturated rings. The Morgan fingerprint density at radius 2 is 0.789 bits per heavy atom. The van der Waals surface area contributed by atoms with Crippen molar-refractivity contribution < 1.29 is 39.9 Å². The summed E-state index contributed by atoms with van der Waals surface area (Å²) in [5, 5.41) is 0. The molecule has 0 saturated heterocycles. The highest BCUT2D eigenvalue weighted by atomic mass is 19.4. The summed E-state index contributed by atoms with van der Waals surface area (Å²) >= 11 is 0. The third kappa shape index (κ3) is 3.29. The van der Waals surface area contributed by atoms with Crippen molar-refractivity contribution in [2.24, 2.45) is 11.8 Å². The van der Waals surface area contributed by atoms with Gasteiger partial charge < -0.3 is 0 Å². The molecule has 0 aliphatic heterocycles. The molecule has 0 N–H and O–H groups in total. The lowest BCUT2D eigenvalue weighted by molar-refractivity contribution is -0.452. The first-order chi connectivity index (χ1) is 8.09. The number of hydrogen-bond donors (Lipinski definition) is 0. The first-order valence-corrected chi connectivity index (χ1v) is 5.31. The van der Waals surface area contributed by atoms with E-state index >= 15 is 0 Å². The Balaban J connectivity index is 5.69. The van der Waals surface area contributed by atoms with E-state index in [1.165, 1.54) is 0 Å². The minimum absolute atomic E-state index is 0.643. The van der Waals surface area contributed by atoms with E-state index in [0.717, 1.165) is 0 Å². The molecule has 2 atom stereocenters. The van der Waals surface area contributed by atoms with Gasteiger partial charge in [0, 0.05) is 11.8 Å². The van der Waals surface area contributed by atoms with Gasteiger partial charge in [0.25, 0.3) is 0 Å². The molecule has 0 saturated carbocycles. The van der Waals surface area contributed by atoms with Crippen molar-refractivity contribution in [2.45, 2.75) is 51.8 Å². The third-order valence-electron chi connectivity index (χ3n) is 2.56. The fourth-order valence-corrected chi connectivity index (χ4v) is 1.22. The second kappa shape index (κ2) is 5.06. The van der Waals surface area contributed by atoms with Gasteiger partial charge in [-0.1, -0.05) is 27.7 Å². The number of ether oxygens (including phenoxy) is 1. The van der Waals surface area contributed by atoms with Crippen LogP contribution in [0.2, 0.25) is 0 Å². The summed E-state index contributed by atoms with van der Waals surface area (Å²) in [6.07, 6.45) is -11.6. The zero-order valence-corrected chi connectivity index (χ0v) is 10.6. The average Bonchev–Trinajstić information content (AvgIpc) is 2.12. The molecule has 1 nitrogen and oxygen atoms in total. The van der Waals surface area contributed by atoms with Crippen LogP contribution in [0.3, 0.4) is 0 Å². The van der Waals surface area contributed by atoms with Crippen LogP contribution in [0.1, 0.15) is 27.7 Å². The molecule has 0 spiro atoms. The van der Waals surface area contributed by atoms with Crippen molar-refractivity contribution in [3.63, 3.8) is 0 Å².